The van der Waals surface area contributed by atoms with Crippen molar-refractivity contribution >= 4 is 0 Å². The maximum atomic E-state index is 5.51. The van der Waals surface area contributed by atoms with Crippen LogP contribution in [0.25, 0.3) is 0 Å². The normalized spacial score (nSPS) is 12.0. The van der Waals surface area contributed by atoms with Gasteiger partial charge in [0, 0.05) is 6.04 Å². The maximum Gasteiger partial charge on any atom is 0.127 e. The van der Waals surface area contributed by atoms with E-state index in [0.29, 0.717) is 0 Å². The van der Waals surface area contributed by atoms with Gasteiger partial charge in [-0.1, -0.05) is 18.6 Å². The summed E-state index contributed by atoms with van der Waals surface area (Å²) in [5.74, 6) is 1.75. The molecule has 1 rings (SSSR count). The molecule has 1 N–H and O–H groups in total. The van der Waals surface area contributed by atoms with E-state index >= 15 is 0 Å². The first-order chi connectivity index (χ1) is 9.63. The van der Waals surface area contributed by atoms with Gasteiger partial charge in [-0.3, -0.25) is 0 Å². The second kappa shape index (κ2) is 8.64. The molecule has 0 radical (unpaired) electrons. The van der Waals surface area contributed by atoms with Crippen LogP contribution in [0.3, 0.4) is 0 Å². The Balaban J connectivity index is 3.06. The van der Waals surface area contributed by atoms with E-state index in [1.54, 1.807) is 14.2 Å². The Morgan fingerprint density at radius 3 is 2.30 bits per heavy atom. The summed E-state index contributed by atoms with van der Waals surface area (Å²) in [4.78, 5) is 0. The standard InChI is InChI=1S/C17H27NO2/c1-6-12-18-14(11-10-13(2)3)17-15(19-4)8-7-9-16(17)20-5/h7-9,14,18H,2,6,10-12H2,1,3-5H3. The molecular formula is C17H27NO2. The fourth-order valence-corrected chi connectivity index (χ4v) is 2.28. The lowest BCUT2D eigenvalue weighted by Gasteiger charge is -2.23. The molecule has 1 unspecified atom stereocenters. The first-order valence-corrected chi connectivity index (χ1v) is 7.22. The molecule has 0 fully saturated rings. The number of rotatable bonds is 9. The molecule has 3 nitrogen and oxygen atoms in total. The van der Waals surface area contributed by atoms with Crippen LogP contribution < -0.4 is 14.8 Å². The number of nitrogens with one attached hydrogen (secondary N) is 1. The highest BCUT2D eigenvalue weighted by atomic mass is 16.5. The summed E-state index contributed by atoms with van der Waals surface area (Å²) in [7, 11) is 3.40. The highest BCUT2D eigenvalue weighted by Gasteiger charge is 2.20. The van der Waals surface area contributed by atoms with Crippen molar-refractivity contribution < 1.29 is 9.47 Å². The van der Waals surface area contributed by atoms with Crippen molar-refractivity contribution in [3.05, 3.63) is 35.9 Å². The van der Waals surface area contributed by atoms with Gasteiger partial charge in [0.2, 0.25) is 0 Å². The van der Waals surface area contributed by atoms with E-state index in [4.69, 9.17) is 9.47 Å². The van der Waals surface area contributed by atoms with Crippen LogP contribution in [0.4, 0.5) is 0 Å². The van der Waals surface area contributed by atoms with Crippen molar-refractivity contribution in [3.8, 4) is 11.5 Å². The third-order valence-electron chi connectivity index (χ3n) is 3.31. The van der Waals surface area contributed by atoms with Crippen LogP contribution in [0.2, 0.25) is 0 Å². The minimum absolute atomic E-state index is 0.220. The number of methoxy groups -OCH3 is 2. The van der Waals surface area contributed by atoms with Gasteiger partial charge in [0.1, 0.15) is 11.5 Å². The number of hydrogen-bond donors (Lipinski definition) is 1. The lowest BCUT2D eigenvalue weighted by molar-refractivity contribution is 0.365. The topological polar surface area (TPSA) is 30.5 Å². The molecule has 1 aromatic carbocycles. The van der Waals surface area contributed by atoms with E-state index in [2.05, 4.69) is 25.7 Å². The van der Waals surface area contributed by atoms with Crippen molar-refractivity contribution in [3.63, 3.8) is 0 Å². The minimum Gasteiger partial charge on any atom is -0.496 e. The highest BCUT2D eigenvalue weighted by molar-refractivity contribution is 5.47. The molecule has 0 aromatic heterocycles. The Kier molecular flexibility index (Phi) is 7.16. The molecule has 0 aliphatic heterocycles. The fourth-order valence-electron chi connectivity index (χ4n) is 2.28. The number of ether oxygens (including phenoxy) is 2. The van der Waals surface area contributed by atoms with E-state index in [1.807, 2.05) is 18.2 Å². The largest absolute Gasteiger partial charge is 0.496 e. The van der Waals surface area contributed by atoms with Crippen LogP contribution in [0, 0.1) is 0 Å². The molecule has 0 aliphatic rings. The number of benzene rings is 1. The van der Waals surface area contributed by atoms with Crippen LogP contribution in [-0.2, 0) is 0 Å². The smallest absolute Gasteiger partial charge is 0.127 e. The molecule has 1 aromatic rings. The first kappa shape index (κ1) is 16.6. The molecule has 112 valence electrons. The SMILES string of the molecule is C=C(C)CCC(NCCC)c1c(OC)cccc1OC. The van der Waals surface area contributed by atoms with Gasteiger partial charge >= 0.3 is 0 Å². The fraction of sp³-hybridized carbons (Fsp3) is 0.529. The number of allylic oxidation sites excluding steroid dienone is 1. The summed E-state index contributed by atoms with van der Waals surface area (Å²) in [5, 5.41) is 3.59. The third-order valence-corrected chi connectivity index (χ3v) is 3.31. The molecule has 0 amide bonds. The Bertz CT molecular complexity index is 407. The van der Waals surface area contributed by atoms with Gasteiger partial charge in [-0.15, -0.1) is 6.58 Å². The van der Waals surface area contributed by atoms with E-state index in [0.717, 1.165) is 42.9 Å². The molecule has 0 heterocycles. The van der Waals surface area contributed by atoms with Gasteiger partial charge in [-0.25, -0.2) is 0 Å². The molecule has 0 saturated heterocycles. The first-order valence-electron chi connectivity index (χ1n) is 7.22. The lowest BCUT2D eigenvalue weighted by Crippen LogP contribution is -2.23. The minimum atomic E-state index is 0.220. The van der Waals surface area contributed by atoms with Crippen LogP contribution >= 0.6 is 0 Å². The summed E-state index contributed by atoms with van der Waals surface area (Å²) < 4.78 is 11.0. The molecular weight excluding hydrogens is 250 g/mol. The van der Waals surface area contributed by atoms with E-state index < -0.39 is 0 Å². The molecule has 1 atom stereocenters. The highest BCUT2D eigenvalue weighted by Crippen LogP contribution is 2.36. The average Bonchev–Trinajstić information content (AvgIpc) is 2.46. The second-order valence-electron chi connectivity index (χ2n) is 5.08. The quantitative estimate of drug-likeness (QED) is 0.689. The van der Waals surface area contributed by atoms with E-state index in [9.17, 15) is 0 Å². The van der Waals surface area contributed by atoms with Crippen molar-refractivity contribution in [2.45, 2.75) is 39.2 Å². The molecule has 0 spiro atoms. The Labute approximate surface area is 123 Å². The van der Waals surface area contributed by atoms with Gasteiger partial charge in [-0.2, -0.15) is 0 Å². The van der Waals surface area contributed by atoms with Crippen LogP contribution in [0.5, 0.6) is 11.5 Å². The monoisotopic (exact) mass is 277 g/mol. The van der Waals surface area contributed by atoms with E-state index in [-0.39, 0.29) is 6.04 Å². The predicted octanol–water partition coefficient (Wildman–Crippen LogP) is 4.10. The molecule has 3 heteroatoms. The summed E-state index contributed by atoms with van der Waals surface area (Å²) in [6.07, 6.45) is 3.08. The zero-order valence-electron chi connectivity index (χ0n) is 13.2. The van der Waals surface area contributed by atoms with Gasteiger partial charge in [0.25, 0.3) is 0 Å². The summed E-state index contributed by atoms with van der Waals surface area (Å²) in [6.45, 7) is 9.20. The Morgan fingerprint density at radius 2 is 1.85 bits per heavy atom. The summed E-state index contributed by atoms with van der Waals surface area (Å²) in [6, 6.07) is 6.15. The predicted molar refractivity (Wildman–Crippen MR) is 84.6 cm³/mol. The van der Waals surface area contributed by atoms with Crippen molar-refractivity contribution in [1.82, 2.24) is 5.32 Å². The zero-order chi connectivity index (χ0) is 15.0. The van der Waals surface area contributed by atoms with Gasteiger partial charge < -0.3 is 14.8 Å². The maximum absolute atomic E-state index is 5.51. The van der Waals surface area contributed by atoms with Crippen molar-refractivity contribution in [1.29, 1.82) is 0 Å². The van der Waals surface area contributed by atoms with E-state index in [1.165, 1.54) is 5.57 Å². The zero-order valence-corrected chi connectivity index (χ0v) is 13.2. The average molecular weight is 277 g/mol. The van der Waals surface area contributed by atoms with Crippen LogP contribution in [0.1, 0.15) is 44.7 Å². The lowest BCUT2D eigenvalue weighted by atomic mass is 9.97. The molecule has 0 aliphatic carbocycles. The third kappa shape index (κ3) is 4.57. The van der Waals surface area contributed by atoms with Gasteiger partial charge in [0.05, 0.1) is 19.8 Å². The Hall–Kier alpha value is -1.48. The summed E-state index contributed by atoms with van der Waals surface area (Å²) in [5.41, 5.74) is 2.30. The van der Waals surface area contributed by atoms with Crippen LogP contribution in [0.15, 0.2) is 30.4 Å². The second-order valence-corrected chi connectivity index (χ2v) is 5.08. The van der Waals surface area contributed by atoms with Gasteiger partial charge in [-0.05, 0) is 44.9 Å². The van der Waals surface area contributed by atoms with Gasteiger partial charge in [0.15, 0.2) is 0 Å². The van der Waals surface area contributed by atoms with Crippen molar-refractivity contribution in [2.24, 2.45) is 0 Å². The van der Waals surface area contributed by atoms with Crippen LogP contribution in [-0.4, -0.2) is 20.8 Å². The number of hydrogen-bond acceptors (Lipinski definition) is 3. The molecule has 0 saturated carbocycles. The van der Waals surface area contributed by atoms with Crippen molar-refractivity contribution in [2.75, 3.05) is 20.8 Å². The Morgan fingerprint density at radius 1 is 1.25 bits per heavy atom. The molecule has 0 bridgehead atoms. The summed E-state index contributed by atoms with van der Waals surface area (Å²) >= 11 is 0. The molecule has 20 heavy (non-hydrogen) atoms.